The molecular weight excluding hydrogens is 116 g/mol. The molecule has 9 heavy (non-hydrogen) atoms. The Kier molecular flexibility index (Phi) is 5.99. The molecule has 0 aliphatic carbocycles. The minimum absolute atomic E-state index is 0.176. The van der Waals surface area contributed by atoms with Gasteiger partial charge in [0.05, 0.1) is 6.10 Å². The maximum Gasteiger partial charge on any atom is 0.0513 e. The first-order chi connectivity index (χ1) is 4.27. The number of aliphatic hydroxyl groups excluding tert-OH is 1. The first-order valence-corrected chi connectivity index (χ1v) is 3.53. The van der Waals surface area contributed by atoms with Crippen LogP contribution in [0.3, 0.4) is 0 Å². The van der Waals surface area contributed by atoms with Gasteiger partial charge in [0.25, 0.3) is 0 Å². The molecule has 0 aromatic rings. The van der Waals surface area contributed by atoms with Crippen LogP contribution in [0.25, 0.3) is 0 Å². The van der Waals surface area contributed by atoms with Gasteiger partial charge in [-0.1, -0.05) is 0 Å². The van der Waals surface area contributed by atoms with E-state index >= 15 is 0 Å². The number of aliphatic hydroxyl groups is 1. The lowest BCUT2D eigenvalue weighted by atomic mass is 10.2. The van der Waals surface area contributed by atoms with Crippen molar-refractivity contribution in [1.82, 2.24) is 0 Å². The van der Waals surface area contributed by atoms with Crippen LogP contribution in [0.5, 0.6) is 0 Å². The Morgan fingerprint density at radius 3 is 2.67 bits per heavy atom. The van der Waals surface area contributed by atoms with E-state index in [1.807, 2.05) is 6.92 Å². The van der Waals surface area contributed by atoms with Crippen LogP contribution in [0.1, 0.15) is 26.7 Å². The second kappa shape index (κ2) is 6.05. The van der Waals surface area contributed by atoms with Gasteiger partial charge in [-0.2, -0.15) is 0 Å². The molecule has 0 saturated carbocycles. The molecule has 2 nitrogen and oxygen atoms in total. The van der Waals surface area contributed by atoms with E-state index in [2.05, 4.69) is 0 Å². The second-order valence-corrected chi connectivity index (χ2v) is 2.19. The maximum atomic E-state index is 8.80. The van der Waals surface area contributed by atoms with Crippen molar-refractivity contribution in [3.63, 3.8) is 0 Å². The average molecular weight is 132 g/mol. The normalized spacial score (nSPS) is 13.7. The summed E-state index contributed by atoms with van der Waals surface area (Å²) in [6.07, 6.45) is 1.64. The summed E-state index contributed by atoms with van der Waals surface area (Å²) >= 11 is 0. The van der Waals surface area contributed by atoms with Gasteiger partial charge in [-0.05, 0) is 26.7 Å². The van der Waals surface area contributed by atoms with Crippen molar-refractivity contribution in [2.75, 3.05) is 13.2 Å². The quantitative estimate of drug-likeness (QED) is 0.569. The van der Waals surface area contributed by atoms with Gasteiger partial charge in [0.1, 0.15) is 0 Å². The SMILES string of the molecule is CCOCCC[C@@H](C)O. The third-order valence-electron chi connectivity index (χ3n) is 1.11. The van der Waals surface area contributed by atoms with Crippen LogP contribution < -0.4 is 0 Å². The standard InChI is InChI=1S/C7H16O2/c1-3-9-6-4-5-7(2)8/h7-8H,3-6H2,1-2H3/t7-/m1/s1. The van der Waals surface area contributed by atoms with Crippen LogP contribution in [0, 0.1) is 0 Å². The number of hydrogen-bond acceptors (Lipinski definition) is 2. The molecule has 0 aromatic carbocycles. The van der Waals surface area contributed by atoms with Gasteiger partial charge in [0.15, 0.2) is 0 Å². The highest BCUT2D eigenvalue weighted by Gasteiger charge is 1.93. The highest BCUT2D eigenvalue weighted by molar-refractivity contribution is 4.45. The molecule has 2 heteroatoms. The molecule has 1 N–H and O–H groups in total. The monoisotopic (exact) mass is 132 g/mol. The Balaban J connectivity index is 2.75. The summed E-state index contributed by atoms with van der Waals surface area (Å²) in [5.74, 6) is 0. The average Bonchev–Trinajstić information content (AvgIpc) is 1.80. The van der Waals surface area contributed by atoms with Crippen LogP contribution in [0.2, 0.25) is 0 Å². The predicted octanol–water partition coefficient (Wildman–Crippen LogP) is 1.18. The summed E-state index contributed by atoms with van der Waals surface area (Å²) in [6.45, 7) is 5.33. The molecule has 56 valence electrons. The zero-order chi connectivity index (χ0) is 7.11. The van der Waals surface area contributed by atoms with Crippen molar-refractivity contribution in [3.8, 4) is 0 Å². The molecular formula is C7H16O2. The fourth-order valence-corrected chi connectivity index (χ4v) is 0.625. The molecule has 0 fully saturated rings. The highest BCUT2D eigenvalue weighted by atomic mass is 16.5. The lowest BCUT2D eigenvalue weighted by molar-refractivity contribution is 0.121. The van der Waals surface area contributed by atoms with E-state index in [1.165, 1.54) is 0 Å². The van der Waals surface area contributed by atoms with E-state index in [0.717, 1.165) is 26.1 Å². The Morgan fingerprint density at radius 1 is 1.56 bits per heavy atom. The van der Waals surface area contributed by atoms with Crippen molar-refractivity contribution < 1.29 is 9.84 Å². The number of rotatable bonds is 5. The van der Waals surface area contributed by atoms with Gasteiger partial charge in [-0.3, -0.25) is 0 Å². The van der Waals surface area contributed by atoms with E-state index in [9.17, 15) is 0 Å². The summed E-state index contributed by atoms with van der Waals surface area (Å²) in [5.41, 5.74) is 0. The molecule has 0 unspecified atom stereocenters. The van der Waals surface area contributed by atoms with E-state index in [-0.39, 0.29) is 6.10 Å². The molecule has 1 atom stereocenters. The molecule has 0 radical (unpaired) electrons. The number of hydrogen-bond donors (Lipinski definition) is 1. The zero-order valence-corrected chi connectivity index (χ0v) is 6.26. The molecule has 0 rings (SSSR count). The first kappa shape index (κ1) is 8.92. The topological polar surface area (TPSA) is 29.5 Å². The summed E-state index contributed by atoms with van der Waals surface area (Å²) in [6, 6.07) is 0. The van der Waals surface area contributed by atoms with Crippen LogP contribution in [0.4, 0.5) is 0 Å². The fourth-order valence-electron chi connectivity index (χ4n) is 0.625. The van der Waals surface area contributed by atoms with Gasteiger partial charge in [-0.15, -0.1) is 0 Å². The van der Waals surface area contributed by atoms with Crippen molar-refractivity contribution >= 4 is 0 Å². The third kappa shape index (κ3) is 7.92. The molecule has 0 aliphatic heterocycles. The fraction of sp³-hybridized carbons (Fsp3) is 1.00. The molecule has 0 spiro atoms. The third-order valence-corrected chi connectivity index (χ3v) is 1.11. The maximum absolute atomic E-state index is 8.80. The van der Waals surface area contributed by atoms with E-state index in [0.29, 0.717) is 0 Å². The van der Waals surface area contributed by atoms with Crippen LogP contribution in [-0.4, -0.2) is 24.4 Å². The summed E-state index contributed by atoms with van der Waals surface area (Å²) in [7, 11) is 0. The predicted molar refractivity (Wildman–Crippen MR) is 37.4 cm³/mol. The minimum atomic E-state index is -0.176. The van der Waals surface area contributed by atoms with Gasteiger partial charge in [-0.25, -0.2) is 0 Å². The van der Waals surface area contributed by atoms with Crippen LogP contribution in [-0.2, 0) is 4.74 Å². The smallest absolute Gasteiger partial charge is 0.0513 e. The first-order valence-electron chi connectivity index (χ1n) is 3.53. The van der Waals surface area contributed by atoms with E-state index in [1.54, 1.807) is 6.92 Å². The highest BCUT2D eigenvalue weighted by Crippen LogP contribution is 1.94. The number of ether oxygens (including phenoxy) is 1. The van der Waals surface area contributed by atoms with Gasteiger partial charge < -0.3 is 9.84 Å². The summed E-state index contributed by atoms with van der Waals surface area (Å²) in [5, 5.41) is 8.80. The minimum Gasteiger partial charge on any atom is -0.393 e. The molecule has 0 bridgehead atoms. The van der Waals surface area contributed by atoms with Crippen molar-refractivity contribution in [1.29, 1.82) is 0 Å². The van der Waals surface area contributed by atoms with Crippen molar-refractivity contribution in [2.45, 2.75) is 32.8 Å². The van der Waals surface area contributed by atoms with Gasteiger partial charge in [0, 0.05) is 13.2 Å². The summed E-state index contributed by atoms with van der Waals surface area (Å²) in [4.78, 5) is 0. The molecule has 0 aromatic heterocycles. The Hall–Kier alpha value is -0.0800. The zero-order valence-electron chi connectivity index (χ0n) is 6.26. The lowest BCUT2D eigenvalue weighted by Crippen LogP contribution is -2.02. The van der Waals surface area contributed by atoms with Crippen molar-refractivity contribution in [3.05, 3.63) is 0 Å². The van der Waals surface area contributed by atoms with Crippen LogP contribution in [0.15, 0.2) is 0 Å². The Morgan fingerprint density at radius 2 is 2.22 bits per heavy atom. The lowest BCUT2D eigenvalue weighted by Gasteiger charge is -2.02. The second-order valence-electron chi connectivity index (χ2n) is 2.19. The van der Waals surface area contributed by atoms with Gasteiger partial charge in [0.2, 0.25) is 0 Å². The molecule has 0 aliphatic rings. The Bertz CT molecular complexity index is 52.9. The van der Waals surface area contributed by atoms with Crippen LogP contribution >= 0.6 is 0 Å². The van der Waals surface area contributed by atoms with Crippen molar-refractivity contribution in [2.24, 2.45) is 0 Å². The van der Waals surface area contributed by atoms with Gasteiger partial charge >= 0.3 is 0 Å². The molecule has 0 amide bonds. The largest absolute Gasteiger partial charge is 0.393 e. The molecule has 0 heterocycles. The van der Waals surface area contributed by atoms with E-state index in [4.69, 9.17) is 9.84 Å². The van der Waals surface area contributed by atoms with E-state index < -0.39 is 0 Å². The molecule has 0 saturated heterocycles. The summed E-state index contributed by atoms with van der Waals surface area (Å²) < 4.78 is 5.07. The Labute approximate surface area is 56.8 Å².